The van der Waals surface area contributed by atoms with Gasteiger partial charge >= 0.3 is 0 Å². The molecule has 0 bridgehead atoms. The van der Waals surface area contributed by atoms with E-state index in [1.54, 1.807) is 12.3 Å². The van der Waals surface area contributed by atoms with Gasteiger partial charge in [-0.2, -0.15) is 5.10 Å². The molecule has 2 rings (SSSR count). The first kappa shape index (κ1) is 15.4. The first-order valence-corrected chi connectivity index (χ1v) is 7.84. The van der Waals surface area contributed by atoms with E-state index < -0.39 is 0 Å². The summed E-state index contributed by atoms with van der Waals surface area (Å²) < 4.78 is 5.32. The van der Waals surface area contributed by atoms with Crippen molar-refractivity contribution >= 4 is 22.2 Å². The molecule has 2 heterocycles. The van der Waals surface area contributed by atoms with E-state index in [9.17, 15) is 4.79 Å². The summed E-state index contributed by atoms with van der Waals surface area (Å²) in [6.45, 7) is 8.94. The van der Waals surface area contributed by atoms with Crippen LogP contribution in [0.1, 0.15) is 26.5 Å². The lowest BCUT2D eigenvalue weighted by Crippen LogP contribution is -2.28. The highest BCUT2D eigenvalue weighted by atomic mass is 32.1. The summed E-state index contributed by atoms with van der Waals surface area (Å²) in [6, 6.07) is 1.62. The van der Waals surface area contributed by atoms with Crippen molar-refractivity contribution < 1.29 is 0 Å². The summed E-state index contributed by atoms with van der Waals surface area (Å²) in [5, 5.41) is 12.4. The molecule has 21 heavy (non-hydrogen) atoms. The average molecular weight is 308 g/mol. The molecule has 0 saturated carbocycles. The van der Waals surface area contributed by atoms with Gasteiger partial charge in [0, 0.05) is 37.2 Å². The van der Waals surface area contributed by atoms with Crippen molar-refractivity contribution in [3.05, 3.63) is 28.3 Å². The van der Waals surface area contributed by atoms with Crippen LogP contribution in [0.2, 0.25) is 0 Å². The van der Waals surface area contributed by atoms with Gasteiger partial charge in [-0.1, -0.05) is 4.49 Å². The Morgan fingerprint density at radius 1 is 1.33 bits per heavy atom. The summed E-state index contributed by atoms with van der Waals surface area (Å²) in [5.74, 6) is 0. The highest BCUT2D eigenvalue weighted by Crippen LogP contribution is 2.17. The summed E-state index contributed by atoms with van der Waals surface area (Å²) in [7, 11) is 0. The molecule has 2 aromatic rings. The molecule has 0 radical (unpaired) electrons. The van der Waals surface area contributed by atoms with Gasteiger partial charge in [-0.05, 0) is 20.8 Å². The molecular weight excluding hydrogens is 288 g/mol. The van der Waals surface area contributed by atoms with Gasteiger partial charge in [-0.25, -0.2) is 4.68 Å². The van der Waals surface area contributed by atoms with E-state index in [4.69, 9.17) is 0 Å². The molecule has 0 fully saturated rings. The van der Waals surface area contributed by atoms with Crippen molar-refractivity contribution in [3.63, 3.8) is 0 Å². The minimum atomic E-state index is -0.130. The largest absolute Gasteiger partial charge is 0.374 e. The van der Waals surface area contributed by atoms with Gasteiger partial charge in [0.05, 0.1) is 18.4 Å². The second-order valence-corrected chi connectivity index (χ2v) is 5.22. The van der Waals surface area contributed by atoms with E-state index in [0.29, 0.717) is 6.54 Å². The van der Waals surface area contributed by atoms with Gasteiger partial charge in [-0.15, -0.1) is 5.10 Å². The molecule has 8 heteroatoms. The van der Waals surface area contributed by atoms with E-state index in [-0.39, 0.29) is 5.56 Å². The lowest BCUT2D eigenvalue weighted by atomic mass is 10.3. The van der Waals surface area contributed by atoms with Crippen molar-refractivity contribution in [2.45, 2.75) is 27.3 Å². The van der Waals surface area contributed by atoms with E-state index in [1.165, 1.54) is 16.2 Å². The zero-order chi connectivity index (χ0) is 15.2. The number of nitrogens with zero attached hydrogens (tertiary/aromatic N) is 5. The molecule has 0 amide bonds. The third-order valence-corrected chi connectivity index (χ3v) is 3.90. The third-order valence-electron chi connectivity index (χ3n) is 3.18. The normalized spacial score (nSPS) is 10.6. The van der Waals surface area contributed by atoms with Crippen LogP contribution in [0.3, 0.4) is 0 Å². The molecule has 0 unspecified atom stereocenters. The van der Waals surface area contributed by atoms with Crippen LogP contribution < -0.4 is 15.8 Å². The Morgan fingerprint density at radius 2 is 2.10 bits per heavy atom. The fourth-order valence-corrected chi connectivity index (χ4v) is 2.69. The molecule has 2 aromatic heterocycles. The molecule has 1 N–H and O–H groups in total. The smallest absolute Gasteiger partial charge is 0.269 e. The second kappa shape index (κ2) is 7.16. The Balaban J connectivity index is 2.21. The number of aromatic nitrogens is 4. The minimum Gasteiger partial charge on any atom is -0.374 e. The number of nitrogens with one attached hydrogen (secondary N) is 1. The topological polar surface area (TPSA) is 75.9 Å². The monoisotopic (exact) mass is 308 g/mol. The second-order valence-electron chi connectivity index (χ2n) is 4.46. The Hall–Kier alpha value is -1.96. The van der Waals surface area contributed by atoms with Gasteiger partial charge in [0.25, 0.3) is 5.56 Å². The maximum atomic E-state index is 12.2. The Morgan fingerprint density at radius 3 is 2.71 bits per heavy atom. The summed E-state index contributed by atoms with van der Waals surface area (Å²) in [5.41, 5.74) is 1.46. The fraction of sp³-hybridized carbons (Fsp3) is 0.538. The predicted molar refractivity (Wildman–Crippen MR) is 85.2 cm³/mol. The van der Waals surface area contributed by atoms with Crippen LogP contribution >= 0.6 is 11.5 Å². The first-order valence-electron chi connectivity index (χ1n) is 7.06. The molecule has 0 aliphatic carbocycles. The highest BCUT2D eigenvalue weighted by Gasteiger charge is 2.11. The lowest BCUT2D eigenvalue weighted by Gasteiger charge is -2.20. The number of anilines is 2. The van der Waals surface area contributed by atoms with Gasteiger partial charge in [0.15, 0.2) is 0 Å². The molecule has 0 aliphatic heterocycles. The zero-order valence-corrected chi connectivity index (χ0v) is 13.4. The predicted octanol–water partition coefficient (Wildman–Crippen LogP) is 1.42. The minimum absolute atomic E-state index is 0.130. The Kier molecular flexibility index (Phi) is 5.26. The molecule has 7 nitrogen and oxygen atoms in total. The third kappa shape index (κ3) is 3.57. The van der Waals surface area contributed by atoms with E-state index in [0.717, 1.165) is 36.0 Å². The summed E-state index contributed by atoms with van der Waals surface area (Å²) >= 11 is 1.29. The Labute approximate surface area is 127 Å². The number of hydrogen-bond donors (Lipinski definition) is 1. The SMILES string of the molecule is CCNc1snnc1Cn1ncc(N(CC)CC)cc1=O. The average Bonchev–Trinajstić information content (AvgIpc) is 2.91. The standard InChI is InChI=1S/C13H20N6OS/c1-4-14-13-11(16-17-21-13)9-19-12(20)7-10(8-15-19)18(5-2)6-3/h7-8,14H,4-6,9H2,1-3H3. The number of rotatable bonds is 7. The molecule has 0 spiro atoms. The van der Waals surface area contributed by atoms with E-state index in [1.807, 2.05) is 6.92 Å². The summed E-state index contributed by atoms with van der Waals surface area (Å²) in [6.07, 6.45) is 1.72. The van der Waals surface area contributed by atoms with Crippen LogP contribution in [-0.2, 0) is 6.54 Å². The van der Waals surface area contributed by atoms with Gasteiger partial charge < -0.3 is 10.2 Å². The van der Waals surface area contributed by atoms with Crippen molar-refractivity contribution in [1.82, 2.24) is 19.4 Å². The van der Waals surface area contributed by atoms with Crippen molar-refractivity contribution in [3.8, 4) is 0 Å². The highest BCUT2D eigenvalue weighted by molar-refractivity contribution is 7.10. The first-order chi connectivity index (χ1) is 10.2. The maximum Gasteiger partial charge on any atom is 0.269 e. The zero-order valence-electron chi connectivity index (χ0n) is 12.5. The van der Waals surface area contributed by atoms with Crippen molar-refractivity contribution in [2.75, 3.05) is 29.9 Å². The quantitative estimate of drug-likeness (QED) is 0.834. The van der Waals surface area contributed by atoms with Crippen LogP contribution in [0, 0.1) is 0 Å². The van der Waals surface area contributed by atoms with Crippen LogP contribution in [-0.4, -0.2) is 39.0 Å². The van der Waals surface area contributed by atoms with Crippen LogP contribution in [0.15, 0.2) is 17.1 Å². The summed E-state index contributed by atoms with van der Waals surface area (Å²) in [4.78, 5) is 14.3. The fourth-order valence-electron chi connectivity index (χ4n) is 2.05. The Bertz CT molecular complexity index is 634. The maximum absolute atomic E-state index is 12.2. The van der Waals surface area contributed by atoms with Gasteiger partial charge in [0.1, 0.15) is 10.7 Å². The molecule has 0 atom stereocenters. The molecular formula is C13H20N6OS. The molecule has 0 aliphatic rings. The van der Waals surface area contributed by atoms with Crippen molar-refractivity contribution in [2.24, 2.45) is 0 Å². The number of hydrogen-bond acceptors (Lipinski definition) is 7. The van der Waals surface area contributed by atoms with Crippen LogP contribution in [0.5, 0.6) is 0 Å². The van der Waals surface area contributed by atoms with Crippen LogP contribution in [0.4, 0.5) is 10.7 Å². The molecule has 0 saturated heterocycles. The lowest BCUT2D eigenvalue weighted by molar-refractivity contribution is 0.625. The van der Waals surface area contributed by atoms with Gasteiger partial charge in [-0.3, -0.25) is 4.79 Å². The van der Waals surface area contributed by atoms with Gasteiger partial charge in [0.2, 0.25) is 0 Å². The van der Waals surface area contributed by atoms with E-state index in [2.05, 4.69) is 38.7 Å². The molecule has 114 valence electrons. The van der Waals surface area contributed by atoms with E-state index >= 15 is 0 Å². The van der Waals surface area contributed by atoms with Crippen LogP contribution in [0.25, 0.3) is 0 Å². The molecule has 0 aromatic carbocycles. The van der Waals surface area contributed by atoms with Crippen molar-refractivity contribution in [1.29, 1.82) is 0 Å².